The number of aliphatic hydroxyl groups excluding tert-OH is 1. The van der Waals surface area contributed by atoms with Gasteiger partial charge in [0.15, 0.2) is 0 Å². The van der Waals surface area contributed by atoms with E-state index in [-0.39, 0.29) is 6.61 Å². The first-order chi connectivity index (χ1) is 12.8. The first-order valence-electron chi connectivity index (χ1n) is 8.20. The maximum atomic E-state index is 12.1. The van der Waals surface area contributed by atoms with Gasteiger partial charge >= 0.3 is 0 Å². The fraction of sp³-hybridized carbons (Fsp3) is 0.150. The molecule has 1 N–H and O–H groups in total. The quantitative estimate of drug-likeness (QED) is 0.735. The molecule has 1 aliphatic rings. The molecule has 2 aromatic heterocycles. The third-order valence-electron chi connectivity index (χ3n) is 4.64. The lowest BCUT2D eigenvalue weighted by atomic mass is 9.84. The van der Waals surface area contributed by atoms with E-state index in [9.17, 15) is 9.90 Å². The minimum atomic E-state index is -0.426. The Bertz CT molecular complexity index is 974. The van der Waals surface area contributed by atoms with E-state index in [0.717, 1.165) is 34.4 Å². The summed E-state index contributed by atoms with van der Waals surface area (Å²) in [5.74, 6) is 0.461. The molecule has 0 radical (unpaired) electrons. The number of nitrogens with zero attached hydrogens (tertiary/aromatic N) is 3. The van der Waals surface area contributed by atoms with E-state index in [0.29, 0.717) is 11.6 Å². The molecule has 0 fully saturated rings. The normalized spacial score (nSPS) is 15.2. The van der Waals surface area contributed by atoms with Crippen LogP contribution < -0.4 is 9.64 Å². The van der Waals surface area contributed by atoms with Gasteiger partial charge in [-0.2, -0.15) is 0 Å². The van der Waals surface area contributed by atoms with Gasteiger partial charge in [0.05, 0.1) is 31.1 Å². The Kier molecular flexibility index (Phi) is 4.10. The van der Waals surface area contributed by atoms with Crippen molar-refractivity contribution >= 4 is 12.1 Å². The first kappa shape index (κ1) is 16.2. The van der Waals surface area contributed by atoms with Crippen LogP contribution in [0.25, 0.3) is 11.1 Å². The summed E-state index contributed by atoms with van der Waals surface area (Å²) >= 11 is 0. The van der Waals surface area contributed by atoms with Crippen LogP contribution >= 0.6 is 0 Å². The zero-order chi connectivity index (χ0) is 18.1. The Morgan fingerprint density at radius 1 is 1.15 bits per heavy atom. The van der Waals surface area contributed by atoms with Crippen molar-refractivity contribution in [3.63, 3.8) is 0 Å². The van der Waals surface area contributed by atoms with Gasteiger partial charge in [-0.1, -0.05) is 18.2 Å². The molecule has 3 heterocycles. The smallest absolute Gasteiger partial charge is 0.215 e. The lowest BCUT2D eigenvalue weighted by Crippen LogP contribution is -2.33. The number of ether oxygens (including phenoxy) is 1. The molecule has 0 saturated heterocycles. The Hall–Kier alpha value is -3.25. The number of benzene rings is 1. The number of anilines is 1. The molecular weight excluding hydrogens is 330 g/mol. The summed E-state index contributed by atoms with van der Waals surface area (Å²) in [6.07, 6.45) is 4.14. The van der Waals surface area contributed by atoms with Crippen LogP contribution in [0.4, 0.5) is 5.69 Å². The molecule has 0 bridgehead atoms. The van der Waals surface area contributed by atoms with Crippen molar-refractivity contribution in [1.82, 2.24) is 9.97 Å². The van der Waals surface area contributed by atoms with E-state index in [1.54, 1.807) is 30.5 Å². The summed E-state index contributed by atoms with van der Waals surface area (Å²) in [4.78, 5) is 22.2. The van der Waals surface area contributed by atoms with Gasteiger partial charge in [0.2, 0.25) is 12.3 Å². The minimum Gasteiger partial charge on any atom is -0.481 e. The molecule has 6 nitrogen and oxygen atoms in total. The lowest BCUT2D eigenvalue weighted by molar-refractivity contribution is -0.107. The van der Waals surface area contributed by atoms with Crippen LogP contribution in [-0.2, 0) is 11.4 Å². The third kappa shape index (κ3) is 2.43. The highest BCUT2D eigenvalue weighted by Crippen LogP contribution is 2.47. The number of para-hydroxylation sites is 1. The van der Waals surface area contributed by atoms with Crippen molar-refractivity contribution in [3.8, 4) is 17.0 Å². The van der Waals surface area contributed by atoms with Crippen LogP contribution in [0, 0.1) is 0 Å². The molecule has 1 aromatic carbocycles. The van der Waals surface area contributed by atoms with Gasteiger partial charge in [-0.15, -0.1) is 0 Å². The predicted octanol–water partition coefficient (Wildman–Crippen LogP) is 2.71. The van der Waals surface area contributed by atoms with Crippen LogP contribution in [0.2, 0.25) is 0 Å². The molecule has 1 atom stereocenters. The highest BCUT2D eigenvalue weighted by atomic mass is 16.5. The Balaban J connectivity index is 2.03. The molecular formula is C20H17N3O3. The second-order valence-corrected chi connectivity index (χ2v) is 5.94. The standard InChI is InChI=1S/C20H17N3O3/c1-26-18-10-13(6-8-22-18)20-19-15(7-9-21-16(19)11-24)14-4-2-3-5-17(14)23(20)12-25/h2-10,12,20,24H,11H2,1H3. The zero-order valence-electron chi connectivity index (χ0n) is 14.2. The fourth-order valence-corrected chi connectivity index (χ4v) is 3.54. The highest BCUT2D eigenvalue weighted by molar-refractivity contribution is 5.93. The fourth-order valence-electron chi connectivity index (χ4n) is 3.54. The van der Waals surface area contributed by atoms with E-state index in [1.807, 2.05) is 36.4 Å². The van der Waals surface area contributed by atoms with Gasteiger partial charge in [0.25, 0.3) is 0 Å². The molecule has 0 saturated carbocycles. The number of aliphatic hydroxyl groups is 1. The van der Waals surface area contributed by atoms with E-state index < -0.39 is 6.04 Å². The minimum absolute atomic E-state index is 0.212. The zero-order valence-corrected chi connectivity index (χ0v) is 14.2. The second-order valence-electron chi connectivity index (χ2n) is 5.94. The Morgan fingerprint density at radius 2 is 1.96 bits per heavy atom. The number of methoxy groups -OCH3 is 1. The van der Waals surface area contributed by atoms with E-state index in [4.69, 9.17) is 4.74 Å². The van der Waals surface area contributed by atoms with Crippen molar-refractivity contribution in [2.75, 3.05) is 12.0 Å². The summed E-state index contributed by atoms with van der Waals surface area (Å²) in [5.41, 5.74) is 4.90. The number of fused-ring (bicyclic) bond motifs is 3. The number of carbonyl (C=O) groups is 1. The van der Waals surface area contributed by atoms with Crippen molar-refractivity contribution in [1.29, 1.82) is 0 Å². The van der Waals surface area contributed by atoms with Gasteiger partial charge in [-0.05, 0) is 29.3 Å². The molecule has 1 unspecified atom stereocenters. The molecule has 4 rings (SSSR count). The van der Waals surface area contributed by atoms with Gasteiger partial charge < -0.3 is 14.7 Å². The monoisotopic (exact) mass is 347 g/mol. The maximum absolute atomic E-state index is 12.1. The van der Waals surface area contributed by atoms with Crippen LogP contribution in [0.1, 0.15) is 22.9 Å². The number of rotatable bonds is 4. The average molecular weight is 347 g/mol. The summed E-state index contributed by atoms with van der Waals surface area (Å²) in [6, 6.07) is 12.8. The number of amides is 1. The van der Waals surface area contributed by atoms with Crippen LogP contribution in [0.5, 0.6) is 5.88 Å². The molecule has 130 valence electrons. The summed E-state index contributed by atoms with van der Waals surface area (Å²) in [5, 5.41) is 9.86. The number of hydrogen-bond acceptors (Lipinski definition) is 5. The van der Waals surface area contributed by atoms with Gasteiger partial charge in [-0.3, -0.25) is 9.78 Å². The SMILES string of the molecule is COc1cc(C2c3c(ccnc3CO)-c3ccccc3N2C=O)ccn1. The Labute approximate surface area is 150 Å². The summed E-state index contributed by atoms with van der Waals surface area (Å²) < 4.78 is 5.25. The number of aromatic nitrogens is 2. The van der Waals surface area contributed by atoms with Crippen molar-refractivity contribution in [2.45, 2.75) is 12.6 Å². The van der Waals surface area contributed by atoms with E-state index in [1.165, 1.54) is 0 Å². The molecule has 0 aliphatic carbocycles. The summed E-state index contributed by atoms with van der Waals surface area (Å²) in [7, 11) is 1.55. The third-order valence-corrected chi connectivity index (χ3v) is 4.64. The lowest BCUT2D eigenvalue weighted by Gasteiger charge is -2.37. The molecule has 26 heavy (non-hydrogen) atoms. The van der Waals surface area contributed by atoms with Gasteiger partial charge in [0, 0.05) is 29.6 Å². The van der Waals surface area contributed by atoms with Crippen LogP contribution in [0.3, 0.4) is 0 Å². The molecule has 1 amide bonds. The summed E-state index contributed by atoms with van der Waals surface area (Å²) in [6.45, 7) is -0.212. The highest BCUT2D eigenvalue weighted by Gasteiger charge is 2.34. The molecule has 1 aliphatic heterocycles. The van der Waals surface area contributed by atoms with Crippen molar-refractivity contribution in [3.05, 3.63) is 71.7 Å². The van der Waals surface area contributed by atoms with E-state index >= 15 is 0 Å². The van der Waals surface area contributed by atoms with E-state index in [2.05, 4.69) is 9.97 Å². The molecule has 6 heteroatoms. The number of hydrogen-bond donors (Lipinski definition) is 1. The Morgan fingerprint density at radius 3 is 2.73 bits per heavy atom. The average Bonchev–Trinajstić information content (AvgIpc) is 2.72. The molecule has 0 spiro atoms. The van der Waals surface area contributed by atoms with Gasteiger partial charge in [0.1, 0.15) is 0 Å². The topological polar surface area (TPSA) is 75.6 Å². The van der Waals surface area contributed by atoms with Crippen LogP contribution in [-0.4, -0.2) is 28.6 Å². The largest absolute Gasteiger partial charge is 0.481 e. The van der Waals surface area contributed by atoms with Crippen molar-refractivity contribution < 1.29 is 14.6 Å². The van der Waals surface area contributed by atoms with Gasteiger partial charge in [-0.25, -0.2) is 4.98 Å². The van der Waals surface area contributed by atoms with Crippen LogP contribution in [0.15, 0.2) is 54.9 Å². The van der Waals surface area contributed by atoms with Crippen molar-refractivity contribution in [2.24, 2.45) is 0 Å². The number of pyridine rings is 2. The first-order valence-corrected chi connectivity index (χ1v) is 8.20. The second kappa shape index (κ2) is 6.57. The predicted molar refractivity (Wildman–Crippen MR) is 96.8 cm³/mol. The maximum Gasteiger partial charge on any atom is 0.215 e. The number of carbonyl (C=O) groups excluding carboxylic acids is 1. The molecule has 3 aromatic rings.